The first-order chi connectivity index (χ1) is 16.3. The number of benzene rings is 2. The van der Waals surface area contributed by atoms with E-state index in [1.54, 1.807) is 11.9 Å². The second-order valence-corrected chi connectivity index (χ2v) is 9.99. The van der Waals surface area contributed by atoms with Crippen LogP contribution in [0, 0.1) is 5.92 Å². The molecule has 1 fully saturated rings. The lowest BCUT2D eigenvalue weighted by Gasteiger charge is -2.30. The molecule has 0 amide bonds. The van der Waals surface area contributed by atoms with Gasteiger partial charge in [-0.2, -0.15) is 0 Å². The highest BCUT2D eigenvalue weighted by molar-refractivity contribution is 8.00. The zero-order chi connectivity index (χ0) is 22.4. The summed E-state index contributed by atoms with van der Waals surface area (Å²) >= 11 is 1.77. The number of para-hydroxylation sites is 1. The fourth-order valence-electron chi connectivity index (χ4n) is 4.89. The number of aromatic nitrogens is 3. The number of nitrogens with zero attached hydrogens (tertiary/aromatic N) is 4. The van der Waals surface area contributed by atoms with Gasteiger partial charge in [0.15, 0.2) is 5.82 Å². The Kier molecular flexibility index (Phi) is 5.38. The maximum Gasteiger partial charge on any atom is 0.157 e. The first-order valence-electron chi connectivity index (χ1n) is 11.8. The summed E-state index contributed by atoms with van der Waals surface area (Å²) < 4.78 is 12.7. The van der Waals surface area contributed by atoms with Crippen molar-refractivity contribution in [3.05, 3.63) is 48.0 Å². The Hall–Kier alpha value is -2.77. The number of aldehydes is 1. The smallest absolute Gasteiger partial charge is 0.157 e. The average Bonchev–Trinajstić information content (AvgIpc) is 3.49. The van der Waals surface area contributed by atoms with Crippen LogP contribution < -0.4 is 4.31 Å². The molecule has 0 unspecified atom stereocenters. The van der Waals surface area contributed by atoms with Crippen LogP contribution in [-0.2, 0) is 17.8 Å². The van der Waals surface area contributed by atoms with Crippen LogP contribution in [0.5, 0.6) is 0 Å². The lowest BCUT2D eigenvalue weighted by Crippen LogP contribution is -2.27. The second kappa shape index (κ2) is 8.54. The molecule has 0 saturated heterocycles. The molecule has 1 aliphatic carbocycles. The molecule has 1 aliphatic heterocycles. The molecule has 0 radical (unpaired) electrons. The third-order valence-electron chi connectivity index (χ3n) is 6.63. The predicted octanol–water partition coefficient (Wildman–Crippen LogP) is 5.39. The number of anilines is 1. The van der Waals surface area contributed by atoms with E-state index in [2.05, 4.69) is 43.8 Å². The van der Waals surface area contributed by atoms with Crippen LogP contribution in [0.25, 0.3) is 33.5 Å². The van der Waals surface area contributed by atoms with Crippen LogP contribution in [0.2, 0.25) is 0 Å². The molecule has 0 atom stereocenters. The summed E-state index contributed by atoms with van der Waals surface area (Å²) in [5, 5.41) is 1.26. The Morgan fingerprint density at radius 1 is 1.18 bits per heavy atom. The van der Waals surface area contributed by atoms with Gasteiger partial charge in [0.2, 0.25) is 0 Å². The monoisotopic (exact) mass is 460 g/mol. The first-order valence-corrected chi connectivity index (χ1v) is 12.8. The van der Waals surface area contributed by atoms with Gasteiger partial charge in [-0.3, -0.25) is 4.79 Å². The third-order valence-corrected chi connectivity index (χ3v) is 7.67. The normalized spacial score (nSPS) is 15.6. The van der Waals surface area contributed by atoms with Crippen LogP contribution >= 0.6 is 11.9 Å². The number of carbonyl (C=O) groups is 1. The molecule has 170 valence electrons. The minimum absolute atomic E-state index is 0.671. The van der Waals surface area contributed by atoms with E-state index in [-0.39, 0.29) is 0 Å². The maximum atomic E-state index is 11.7. The van der Waals surface area contributed by atoms with Gasteiger partial charge in [-0.25, -0.2) is 4.98 Å². The fraction of sp³-hybridized carbons (Fsp3) is 0.385. The Balaban J connectivity index is 1.48. The molecular weight excluding hydrogens is 432 g/mol. The standard InChI is InChI=1S/C26H28N4O2S/c1-2-32-11-12-33-30-10-9-28-25-21(13-19(17-31)14-23(25)30)27-26(28)24-15-20-5-3-4-6-22(20)29(24)16-18-7-8-18/h3-6,13-15,17-18H,2,7-12,16H2,1H3. The molecule has 2 aromatic heterocycles. The summed E-state index contributed by atoms with van der Waals surface area (Å²) in [6.45, 7) is 6.25. The summed E-state index contributed by atoms with van der Waals surface area (Å²) in [5.41, 5.74) is 6.21. The number of fused-ring (bicyclic) bond motifs is 1. The number of hydrogen-bond donors (Lipinski definition) is 0. The Bertz CT molecular complexity index is 1340. The van der Waals surface area contributed by atoms with E-state index >= 15 is 0 Å². The van der Waals surface area contributed by atoms with Crippen molar-refractivity contribution < 1.29 is 9.53 Å². The van der Waals surface area contributed by atoms with E-state index < -0.39 is 0 Å². The molecule has 0 bridgehead atoms. The number of ether oxygens (including phenoxy) is 1. The molecule has 2 aliphatic rings. The van der Waals surface area contributed by atoms with Gasteiger partial charge in [-0.15, -0.1) is 0 Å². The molecule has 6 rings (SSSR count). The summed E-state index contributed by atoms with van der Waals surface area (Å²) in [5.74, 6) is 2.65. The van der Waals surface area contributed by atoms with Gasteiger partial charge in [0.05, 0.1) is 29.0 Å². The molecule has 6 nitrogen and oxygen atoms in total. The minimum atomic E-state index is 0.671. The molecule has 2 aromatic carbocycles. The van der Waals surface area contributed by atoms with Crippen molar-refractivity contribution in [2.75, 3.05) is 29.8 Å². The van der Waals surface area contributed by atoms with Gasteiger partial charge >= 0.3 is 0 Å². The van der Waals surface area contributed by atoms with Crippen molar-refractivity contribution in [2.45, 2.75) is 32.9 Å². The van der Waals surface area contributed by atoms with Crippen molar-refractivity contribution in [1.82, 2.24) is 14.1 Å². The highest BCUT2D eigenvalue weighted by Crippen LogP contribution is 2.40. The first kappa shape index (κ1) is 20.8. The SMILES string of the molecule is CCOCCSN1CCn2c(-c3cc4ccccc4n3CC3CC3)nc3cc(C=O)cc1c32. The van der Waals surface area contributed by atoms with E-state index in [1.807, 2.05) is 19.1 Å². The third kappa shape index (κ3) is 3.73. The van der Waals surface area contributed by atoms with Crippen LogP contribution in [0.3, 0.4) is 0 Å². The summed E-state index contributed by atoms with van der Waals surface area (Å²) in [6, 6.07) is 14.8. The van der Waals surface area contributed by atoms with E-state index in [4.69, 9.17) is 9.72 Å². The van der Waals surface area contributed by atoms with Crippen molar-refractivity contribution in [3.63, 3.8) is 0 Å². The Morgan fingerprint density at radius 3 is 2.88 bits per heavy atom. The minimum Gasteiger partial charge on any atom is -0.381 e. The zero-order valence-electron chi connectivity index (χ0n) is 18.9. The largest absolute Gasteiger partial charge is 0.381 e. The van der Waals surface area contributed by atoms with Gasteiger partial charge in [0, 0.05) is 48.5 Å². The highest BCUT2D eigenvalue weighted by Gasteiger charge is 2.28. The van der Waals surface area contributed by atoms with Crippen molar-refractivity contribution >= 4 is 45.9 Å². The average molecular weight is 461 g/mol. The quantitative estimate of drug-likeness (QED) is 0.191. The molecule has 3 heterocycles. The number of hydrogen-bond acceptors (Lipinski definition) is 5. The Labute approximate surface area is 197 Å². The molecular formula is C26H28N4O2S. The summed E-state index contributed by atoms with van der Waals surface area (Å²) in [4.78, 5) is 16.8. The van der Waals surface area contributed by atoms with Crippen LogP contribution in [0.4, 0.5) is 5.69 Å². The van der Waals surface area contributed by atoms with Gasteiger partial charge in [-0.1, -0.05) is 18.2 Å². The lowest BCUT2D eigenvalue weighted by atomic mass is 10.1. The lowest BCUT2D eigenvalue weighted by molar-refractivity contribution is 0.112. The van der Waals surface area contributed by atoms with Crippen LogP contribution in [0.15, 0.2) is 42.5 Å². The molecule has 7 heteroatoms. The second-order valence-electron chi connectivity index (χ2n) is 8.89. The molecule has 0 N–H and O–H groups in total. The number of carbonyl (C=O) groups excluding carboxylic acids is 1. The molecule has 4 aromatic rings. The molecule has 1 saturated carbocycles. The van der Waals surface area contributed by atoms with Crippen molar-refractivity contribution in [1.29, 1.82) is 0 Å². The van der Waals surface area contributed by atoms with Gasteiger partial charge in [0.25, 0.3) is 0 Å². The Morgan fingerprint density at radius 2 is 2.06 bits per heavy atom. The van der Waals surface area contributed by atoms with E-state index in [0.29, 0.717) is 5.56 Å². The van der Waals surface area contributed by atoms with Crippen molar-refractivity contribution in [3.8, 4) is 11.5 Å². The van der Waals surface area contributed by atoms with E-state index in [9.17, 15) is 4.79 Å². The summed E-state index contributed by atoms with van der Waals surface area (Å²) in [6.07, 6.45) is 3.54. The fourth-order valence-corrected chi connectivity index (χ4v) is 5.79. The maximum absolute atomic E-state index is 11.7. The van der Waals surface area contributed by atoms with Crippen molar-refractivity contribution in [2.24, 2.45) is 5.92 Å². The van der Waals surface area contributed by atoms with E-state index in [1.165, 1.54) is 29.4 Å². The topological polar surface area (TPSA) is 52.3 Å². The van der Waals surface area contributed by atoms with E-state index in [0.717, 1.165) is 73.4 Å². The molecule has 33 heavy (non-hydrogen) atoms. The zero-order valence-corrected chi connectivity index (χ0v) is 19.7. The van der Waals surface area contributed by atoms with Gasteiger partial charge in [0.1, 0.15) is 6.29 Å². The van der Waals surface area contributed by atoms with Crippen LogP contribution in [-0.4, -0.2) is 45.9 Å². The summed E-state index contributed by atoms with van der Waals surface area (Å²) in [7, 11) is 0. The molecule has 0 spiro atoms. The number of rotatable bonds is 9. The van der Waals surface area contributed by atoms with Gasteiger partial charge in [-0.05, 0) is 61.9 Å². The van der Waals surface area contributed by atoms with Gasteiger partial charge < -0.3 is 18.2 Å². The van der Waals surface area contributed by atoms with Crippen LogP contribution in [0.1, 0.15) is 30.1 Å². The highest BCUT2D eigenvalue weighted by atomic mass is 32.2. The number of imidazole rings is 1. The predicted molar refractivity (Wildman–Crippen MR) is 135 cm³/mol.